The first kappa shape index (κ1) is 14.4. The summed E-state index contributed by atoms with van der Waals surface area (Å²) in [5.41, 5.74) is 2.41. The van der Waals surface area contributed by atoms with Crippen molar-refractivity contribution in [2.24, 2.45) is 0 Å². The molecule has 0 atom stereocenters. The van der Waals surface area contributed by atoms with Crippen molar-refractivity contribution in [2.45, 2.75) is 0 Å². The molecule has 20 heavy (non-hydrogen) atoms. The lowest BCUT2D eigenvalue weighted by Crippen LogP contribution is -2.34. The molecule has 0 aliphatic heterocycles. The zero-order valence-electron chi connectivity index (χ0n) is 12.9. The molecule has 0 bridgehead atoms. The summed E-state index contributed by atoms with van der Waals surface area (Å²) in [6.07, 6.45) is 0. The van der Waals surface area contributed by atoms with Crippen LogP contribution in [-0.4, -0.2) is 35.2 Å². The smallest absolute Gasteiger partial charge is 0.132 e. The molecule has 0 aliphatic rings. The maximum absolute atomic E-state index is 5.86. The normalized spacial score (nSPS) is 11.2. The summed E-state index contributed by atoms with van der Waals surface area (Å²) in [5.74, 6) is 1.72. The zero-order valence-corrected chi connectivity index (χ0v) is 12.9. The Kier molecular flexibility index (Phi) is 4.00. The minimum absolute atomic E-state index is 0.803. The summed E-state index contributed by atoms with van der Waals surface area (Å²) >= 11 is 0. The molecule has 2 rings (SSSR count). The molecule has 2 aromatic rings. The van der Waals surface area contributed by atoms with Crippen LogP contribution in [0.4, 0.5) is 11.4 Å². The maximum atomic E-state index is 5.86. The fourth-order valence-electron chi connectivity index (χ4n) is 1.91. The van der Waals surface area contributed by atoms with Crippen LogP contribution in [-0.2, 0) is 0 Å². The van der Waals surface area contributed by atoms with Crippen LogP contribution < -0.4 is 14.1 Å². The Hall–Kier alpha value is -2.00. The highest BCUT2D eigenvalue weighted by molar-refractivity contribution is 5.49. The number of anilines is 1. The number of hydrogen-bond donors (Lipinski definition) is 0. The van der Waals surface area contributed by atoms with Gasteiger partial charge in [-0.3, -0.25) is 4.48 Å². The Bertz CT molecular complexity index is 551. The highest BCUT2D eigenvalue weighted by atomic mass is 16.5. The van der Waals surface area contributed by atoms with Crippen molar-refractivity contribution in [3.8, 4) is 11.5 Å². The second-order valence-corrected chi connectivity index (χ2v) is 6.00. The SMILES string of the molecule is CN(C)c1ccc(Oc2ccc([N+](C)(C)C)cc2)cc1. The molecule has 0 aliphatic carbocycles. The molecular weight excluding hydrogens is 248 g/mol. The lowest BCUT2D eigenvalue weighted by atomic mass is 10.2. The molecule has 0 amide bonds. The van der Waals surface area contributed by atoms with Crippen LogP contribution in [0.2, 0.25) is 0 Å². The fourth-order valence-corrected chi connectivity index (χ4v) is 1.91. The minimum atomic E-state index is 0.803. The number of rotatable bonds is 4. The van der Waals surface area contributed by atoms with Gasteiger partial charge in [0.15, 0.2) is 0 Å². The van der Waals surface area contributed by atoms with Gasteiger partial charge in [0.25, 0.3) is 0 Å². The average molecular weight is 271 g/mol. The van der Waals surface area contributed by atoms with E-state index in [1.54, 1.807) is 0 Å². The number of benzene rings is 2. The molecule has 3 nitrogen and oxygen atoms in total. The van der Waals surface area contributed by atoms with E-state index in [0.29, 0.717) is 0 Å². The lowest BCUT2D eigenvalue weighted by Gasteiger charge is -2.23. The Morgan fingerprint density at radius 3 is 1.60 bits per heavy atom. The van der Waals surface area contributed by atoms with E-state index >= 15 is 0 Å². The molecule has 0 fully saturated rings. The van der Waals surface area contributed by atoms with Gasteiger partial charge >= 0.3 is 0 Å². The van der Waals surface area contributed by atoms with E-state index in [-0.39, 0.29) is 0 Å². The van der Waals surface area contributed by atoms with Gasteiger partial charge in [-0.1, -0.05) is 0 Å². The van der Waals surface area contributed by atoms with Gasteiger partial charge in [0, 0.05) is 31.9 Å². The molecule has 0 saturated heterocycles. The van der Waals surface area contributed by atoms with Gasteiger partial charge in [0.1, 0.15) is 17.2 Å². The van der Waals surface area contributed by atoms with E-state index < -0.39 is 0 Å². The summed E-state index contributed by atoms with van der Waals surface area (Å²) in [6, 6.07) is 16.3. The molecule has 106 valence electrons. The molecule has 0 unspecified atom stereocenters. The molecule has 0 spiro atoms. The topological polar surface area (TPSA) is 12.5 Å². The van der Waals surface area contributed by atoms with E-state index in [0.717, 1.165) is 21.7 Å². The van der Waals surface area contributed by atoms with Crippen molar-refractivity contribution in [3.63, 3.8) is 0 Å². The summed E-state index contributed by atoms with van der Waals surface area (Å²) in [7, 11) is 10.5. The summed E-state index contributed by atoms with van der Waals surface area (Å²) in [5, 5.41) is 0. The van der Waals surface area contributed by atoms with Crippen LogP contribution in [0.3, 0.4) is 0 Å². The highest BCUT2D eigenvalue weighted by Gasteiger charge is 2.11. The monoisotopic (exact) mass is 271 g/mol. The quantitative estimate of drug-likeness (QED) is 0.785. The third kappa shape index (κ3) is 3.52. The van der Waals surface area contributed by atoms with Crippen LogP contribution in [0, 0.1) is 0 Å². The number of quaternary nitrogens is 1. The van der Waals surface area contributed by atoms with Crippen molar-refractivity contribution in [2.75, 3.05) is 40.1 Å². The largest absolute Gasteiger partial charge is 0.457 e. The standard InChI is InChI=1S/C17H23N2O/c1-18(2)14-6-10-16(11-7-14)20-17-12-8-15(9-13-17)19(3,4)5/h6-13H,1-5H3/q+1. The van der Waals surface area contributed by atoms with Gasteiger partial charge in [0.05, 0.1) is 21.1 Å². The first-order valence-corrected chi connectivity index (χ1v) is 6.73. The third-order valence-corrected chi connectivity index (χ3v) is 3.20. The zero-order chi connectivity index (χ0) is 14.8. The highest BCUT2D eigenvalue weighted by Crippen LogP contribution is 2.26. The Morgan fingerprint density at radius 1 is 0.750 bits per heavy atom. The van der Waals surface area contributed by atoms with Crippen LogP contribution in [0.15, 0.2) is 48.5 Å². The number of nitrogens with zero attached hydrogens (tertiary/aromatic N) is 2. The molecule has 2 aromatic carbocycles. The van der Waals surface area contributed by atoms with E-state index in [2.05, 4.69) is 50.3 Å². The van der Waals surface area contributed by atoms with Crippen molar-refractivity contribution < 1.29 is 4.74 Å². The molecule has 0 aromatic heterocycles. The molecular formula is C17H23N2O+. The summed E-state index contributed by atoms with van der Waals surface area (Å²) in [4.78, 5) is 2.07. The lowest BCUT2D eigenvalue weighted by molar-refractivity contribution is 0.474. The second kappa shape index (κ2) is 5.55. The van der Waals surface area contributed by atoms with Gasteiger partial charge < -0.3 is 9.64 Å². The van der Waals surface area contributed by atoms with E-state index in [9.17, 15) is 0 Å². The van der Waals surface area contributed by atoms with Crippen molar-refractivity contribution in [1.29, 1.82) is 0 Å². The predicted octanol–water partition coefficient (Wildman–Crippen LogP) is 3.74. The van der Waals surface area contributed by atoms with Gasteiger partial charge in [0.2, 0.25) is 0 Å². The summed E-state index contributed by atoms with van der Waals surface area (Å²) < 4.78 is 6.66. The van der Waals surface area contributed by atoms with Crippen molar-refractivity contribution >= 4 is 11.4 Å². The maximum Gasteiger partial charge on any atom is 0.132 e. The molecule has 0 heterocycles. The number of ether oxygens (including phenoxy) is 1. The van der Waals surface area contributed by atoms with Gasteiger partial charge in [-0.2, -0.15) is 0 Å². The van der Waals surface area contributed by atoms with Crippen molar-refractivity contribution in [3.05, 3.63) is 48.5 Å². The Labute approximate surface area is 121 Å². The first-order chi connectivity index (χ1) is 9.36. The van der Waals surface area contributed by atoms with E-state index in [4.69, 9.17) is 4.74 Å². The Balaban J connectivity index is 2.10. The first-order valence-electron chi connectivity index (χ1n) is 6.73. The van der Waals surface area contributed by atoms with Crippen LogP contribution in [0.25, 0.3) is 0 Å². The average Bonchev–Trinajstić information content (AvgIpc) is 2.39. The third-order valence-electron chi connectivity index (χ3n) is 3.20. The van der Waals surface area contributed by atoms with Gasteiger partial charge in [-0.25, -0.2) is 0 Å². The van der Waals surface area contributed by atoms with Gasteiger partial charge in [-0.15, -0.1) is 0 Å². The minimum Gasteiger partial charge on any atom is -0.457 e. The predicted molar refractivity (Wildman–Crippen MR) is 86.9 cm³/mol. The molecule has 0 N–H and O–H groups in total. The van der Waals surface area contributed by atoms with Crippen LogP contribution in [0.1, 0.15) is 0 Å². The molecule has 0 saturated carbocycles. The van der Waals surface area contributed by atoms with Gasteiger partial charge in [-0.05, 0) is 36.4 Å². The van der Waals surface area contributed by atoms with Crippen molar-refractivity contribution in [1.82, 2.24) is 4.48 Å². The number of hydrogen-bond acceptors (Lipinski definition) is 2. The van der Waals surface area contributed by atoms with Crippen LogP contribution >= 0.6 is 0 Å². The van der Waals surface area contributed by atoms with Crippen LogP contribution in [0.5, 0.6) is 11.5 Å². The second-order valence-electron chi connectivity index (χ2n) is 6.00. The fraction of sp³-hybridized carbons (Fsp3) is 0.294. The molecule has 0 radical (unpaired) electrons. The van der Waals surface area contributed by atoms with E-state index in [1.165, 1.54) is 5.69 Å². The Morgan fingerprint density at radius 2 is 1.20 bits per heavy atom. The van der Waals surface area contributed by atoms with E-state index in [1.807, 2.05) is 38.4 Å². The molecule has 3 heteroatoms. The summed E-state index contributed by atoms with van der Waals surface area (Å²) in [6.45, 7) is 0.